The van der Waals surface area contributed by atoms with E-state index in [9.17, 15) is 19.8 Å². The van der Waals surface area contributed by atoms with Gasteiger partial charge in [-0.25, -0.2) is 9.59 Å². The number of allylic oxidation sites excluding steroid dienone is 2. The lowest BCUT2D eigenvalue weighted by atomic mass is 10.2. The van der Waals surface area contributed by atoms with Crippen molar-refractivity contribution in [2.45, 2.75) is 20.3 Å². The van der Waals surface area contributed by atoms with Gasteiger partial charge in [0.1, 0.15) is 6.61 Å². The van der Waals surface area contributed by atoms with Gasteiger partial charge in [0, 0.05) is 18.7 Å². The molecule has 0 spiro atoms. The summed E-state index contributed by atoms with van der Waals surface area (Å²) < 4.78 is 5.55. The molecular formula is C15H20N2O6. The van der Waals surface area contributed by atoms with E-state index in [1.165, 1.54) is 12.1 Å². The SMILES string of the molecule is CC=CC(=CC)COC(=O)NCCC(=O)On1c(O)ccc1O. The average Bonchev–Trinajstić information content (AvgIpc) is 2.83. The fraction of sp³-hybridized carbons (Fsp3) is 0.333. The molecule has 0 saturated heterocycles. The van der Waals surface area contributed by atoms with Crippen molar-refractivity contribution in [2.75, 3.05) is 13.2 Å². The number of nitrogens with zero attached hydrogens (tertiary/aromatic N) is 1. The second kappa shape index (κ2) is 9.19. The summed E-state index contributed by atoms with van der Waals surface area (Å²) in [7, 11) is 0. The van der Waals surface area contributed by atoms with E-state index in [0.29, 0.717) is 4.73 Å². The zero-order valence-corrected chi connectivity index (χ0v) is 13.0. The smallest absolute Gasteiger partial charge is 0.407 e. The van der Waals surface area contributed by atoms with E-state index in [-0.39, 0.29) is 19.6 Å². The Balaban J connectivity index is 2.28. The van der Waals surface area contributed by atoms with Crippen LogP contribution in [-0.4, -0.2) is 40.2 Å². The molecule has 23 heavy (non-hydrogen) atoms. The topological polar surface area (TPSA) is 110 Å². The van der Waals surface area contributed by atoms with E-state index < -0.39 is 23.8 Å². The number of aromatic nitrogens is 1. The number of hydrogen-bond acceptors (Lipinski definition) is 6. The van der Waals surface area contributed by atoms with Gasteiger partial charge in [0.15, 0.2) is 0 Å². The van der Waals surface area contributed by atoms with Gasteiger partial charge in [-0.3, -0.25) is 0 Å². The van der Waals surface area contributed by atoms with Gasteiger partial charge in [-0.2, -0.15) is 0 Å². The van der Waals surface area contributed by atoms with Crippen LogP contribution in [0, 0.1) is 0 Å². The highest BCUT2D eigenvalue weighted by Crippen LogP contribution is 2.18. The van der Waals surface area contributed by atoms with Crippen molar-refractivity contribution in [3.05, 3.63) is 35.9 Å². The number of carbonyl (C=O) groups excluding carboxylic acids is 2. The molecule has 0 aliphatic heterocycles. The Kier molecular flexibility index (Phi) is 7.25. The standard InChI is InChI=1S/C15H20N2O6/c1-3-5-11(4-2)10-22-15(21)16-9-8-14(20)23-17-12(18)6-7-13(17)19/h3-7,18-19H,8-10H2,1-2H3,(H,16,21). The Hall–Kier alpha value is -2.90. The quantitative estimate of drug-likeness (QED) is 0.656. The highest BCUT2D eigenvalue weighted by atomic mass is 16.7. The highest BCUT2D eigenvalue weighted by molar-refractivity contribution is 5.72. The third kappa shape index (κ3) is 6.16. The summed E-state index contributed by atoms with van der Waals surface area (Å²) in [6.07, 6.45) is 4.66. The highest BCUT2D eigenvalue weighted by Gasteiger charge is 2.12. The summed E-state index contributed by atoms with van der Waals surface area (Å²) in [5, 5.41) is 21.0. The summed E-state index contributed by atoms with van der Waals surface area (Å²) >= 11 is 0. The van der Waals surface area contributed by atoms with Crippen molar-refractivity contribution in [2.24, 2.45) is 0 Å². The van der Waals surface area contributed by atoms with E-state index in [1.807, 2.05) is 32.1 Å². The van der Waals surface area contributed by atoms with E-state index in [0.717, 1.165) is 5.57 Å². The molecule has 8 nitrogen and oxygen atoms in total. The average molecular weight is 324 g/mol. The molecule has 1 rings (SSSR count). The van der Waals surface area contributed by atoms with Crippen molar-refractivity contribution in [1.29, 1.82) is 0 Å². The van der Waals surface area contributed by atoms with Crippen molar-refractivity contribution >= 4 is 12.1 Å². The lowest BCUT2D eigenvalue weighted by molar-refractivity contribution is -0.145. The molecule has 1 aromatic heterocycles. The van der Waals surface area contributed by atoms with Gasteiger partial charge < -0.3 is 25.1 Å². The minimum absolute atomic E-state index is 0.00471. The number of ether oxygens (including phenoxy) is 1. The van der Waals surface area contributed by atoms with Gasteiger partial charge in [0.05, 0.1) is 6.42 Å². The predicted octanol–water partition coefficient (Wildman–Crippen LogP) is 1.49. The zero-order valence-electron chi connectivity index (χ0n) is 13.0. The first-order chi connectivity index (χ1) is 11.0. The number of carbonyl (C=O) groups is 2. The van der Waals surface area contributed by atoms with Crippen LogP contribution in [0.5, 0.6) is 11.8 Å². The van der Waals surface area contributed by atoms with Crippen LogP contribution in [0.1, 0.15) is 20.3 Å². The molecule has 0 aliphatic rings. The van der Waals surface area contributed by atoms with Gasteiger partial charge in [-0.1, -0.05) is 18.2 Å². The van der Waals surface area contributed by atoms with Crippen LogP contribution in [0.4, 0.5) is 4.79 Å². The molecule has 0 saturated carbocycles. The van der Waals surface area contributed by atoms with Gasteiger partial charge in [-0.15, -0.1) is 4.73 Å². The number of nitrogens with one attached hydrogen (secondary N) is 1. The summed E-state index contributed by atoms with van der Waals surface area (Å²) in [4.78, 5) is 27.7. The van der Waals surface area contributed by atoms with Crippen molar-refractivity contribution < 1.29 is 29.4 Å². The van der Waals surface area contributed by atoms with Gasteiger partial charge >= 0.3 is 12.1 Å². The summed E-state index contributed by atoms with van der Waals surface area (Å²) in [6.45, 7) is 3.81. The minimum Gasteiger partial charge on any atom is -0.492 e. The van der Waals surface area contributed by atoms with Crippen LogP contribution in [0.25, 0.3) is 0 Å². The normalized spacial score (nSPS) is 11.5. The van der Waals surface area contributed by atoms with Crippen LogP contribution in [-0.2, 0) is 9.53 Å². The Morgan fingerprint density at radius 2 is 1.91 bits per heavy atom. The van der Waals surface area contributed by atoms with E-state index >= 15 is 0 Å². The first-order valence-electron chi connectivity index (χ1n) is 6.97. The van der Waals surface area contributed by atoms with Crippen LogP contribution >= 0.6 is 0 Å². The molecule has 1 heterocycles. The molecule has 0 bridgehead atoms. The van der Waals surface area contributed by atoms with E-state index in [4.69, 9.17) is 9.57 Å². The molecule has 0 fully saturated rings. The molecular weight excluding hydrogens is 304 g/mol. The Morgan fingerprint density at radius 1 is 1.26 bits per heavy atom. The number of alkyl carbamates (subject to hydrolysis) is 1. The van der Waals surface area contributed by atoms with Gasteiger partial charge in [-0.05, 0) is 19.4 Å². The third-order valence-corrected chi connectivity index (χ3v) is 2.71. The fourth-order valence-corrected chi connectivity index (χ4v) is 1.55. The molecule has 3 N–H and O–H groups in total. The molecule has 1 aromatic rings. The Bertz CT molecular complexity index is 584. The Labute approximate surface area is 133 Å². The van der Waals surface area contributed by atoms with E-state index in [1.54, 1.807) is 0 Å². The summed E-state index contributed by atoms with van der Waals surface area (Å²) in [5.74, 6) is -1.56. The maximum absolute atomic E-state index is 11.5. The molecule has 126 valence electrons. The van der Waals surface area contributed by atoms with Crippen LogP contribution < -0.4 is 10.2 Å². The van der Waals surface area contributed by atoms with Gasteiger partial charge in [0.25, 0.3) is 0 Å². The van der Waals surface area contributed by atoms with E-state index in [2.05, 4.69) is 5.32 Å². The predicted molar refractivity (Wildman–Crippen MR) is 81.9 cm³/mol. The maximum Gasteiger partial charge on any atom is 0.407 e. The molecule has 8 heteroatoms. The summed E-state index contributed by atoms with van der Waals surface area (Å²) in [6, 6.07) is 2.34. The first-order valence-corrected chi connectivity index (χ1v) is 6.97. The minimum atomic E-state index is -0.741. The lowest BCUT2D eigenvalue weighted by Gasteiger charge is -2.08. The molecule has 0 radical (unpaired) electrons. The monoisotopic (exact) mass is 324 g/mol. The molecule has 1 amide bonds. The molecule has 0 unspecified atom stereocenters. The largest absolute Gasteiger partial charge is 0.492 e. The fourth-order valence-electron chi connectivity index (χ4n) is 1.55. The van der Waals surface area contributed by atoms with Crippen LogP contribution in [0.2, 0.25) is 0 Å². The number of aromatic hydroxyl groups is 2. The van der Waals surface area contributed by atoms with Crippen molar-refractivity contribution in [3.8, 4) is 11.8 Å². The first kappa shape index (κ1) is 18.1. The maximum atomic E-state index is 11.5. The van der Waals surface area contributed by atoms with Crippen molar-refractivity contribution in [1.82, 2.24) is 10.0 Å². The second-order valence-electron chi connectivity index (χ2n) is 4.42. The Morgan fingerprint density at radius 3 is 2.48 bits per heavy atom. The van der Waals surface area contributed by atoms with Crippen LogP contribution in [0.3, 0.4) is 0 Å². The lowest BCUT2D eigenvalue weighted by Crippen LogP contribution is -2.29. The van der Waals surface area contributed by atoms with Crippen LogP contribution in [0.15, 0.2) is 35.9 Å². The van der Waals surface area contributed by atoms with Crippen molar-refractivity contribution in [3.63, 3.8) is 0 Å². The number of rotatable bonds is 7. The zero-order chi connectivity index (χ0) is 17.2. The molecule has 0 aromatic carbocycles. The number of amides is 1. The molecule has 0 aliphatic carbocycles. The number of hydrogen-bond donors (Lipinski definition) is 3. The second-order valence-corrected chi connectivity index (χ2v) is 4.42. The third-order valence-electron chi connectivity index (χ3n) is 2.71. The molecule has 0 atom stereocenters. The summed E-state index contributed by atoms with van der Waals surface area (Å²) in [5.41, 5.74) is 0.848. The van der Waals surface area contributed by atoms with Gasteiger partial charge in [0.2, 0.25) is 11.8 Å².